The first-order valence-corrected chi connectivity index (χ1v) is 9.55. The molecule has 0 unspecified atom stereocenters. The van der Waals surface area contributed by atoms with Gasteiger partial charge in [0.2, 0.25) is 0 Å². The minimum Gasteiger partial charge on any atom is -0.452 e. The van der Waals surface area contributed by atoms with Crippen molar-refractivity contribution in [1.82, 2.24) is 5.32 Å². The Morgan fingerprint density at radius 2 is 1.93 bits per heavy atom. The van der Waals surface area contributed by atoms with Crippen molar-refractivity contribution < 1.29 is 24.0 Å². The van der Waals surface area contributed by atoms with Crippen molar-refractivity contribution in [2.45, 2.75) is 13.5 Å². The first-order valence-electron chi connectivity index (χ1n) is 9.55. The molecule has 0 aromatic heterocycles. The highest BCUT2D eigenvalue weighted by Gasteiger charge is 2.23. The lowest BCUT2D eigenvalue weighted by atomic mass is 10.1. The zero-order valence-corrected chi connectivity index (χ0v) is 16.6. The largest absolute Gasteiger partial charge is 0.452 e. The molecule has 1 saturated heterocycles. The molecule has 158 valence electrons. The van der Waals surface area contributed by atoms with E-state index in [0.29, 0.717) is 38.5 Å². The van der Waals surface area contributed by atoms with Crippen molar-refractivity contribution in [3.05, 3.63) is 69.3 Å². The average Bonchev–Trinajstić information content (AvgIpc) is 2.77. The van der Waals surface area contributed by atoms with E-state index in [4.69, 9.17) is 9.47 Å². The number of hydrogen-bond acceptors (Lipinski definition) is 7. The maximum absolute atomic E-state index is 12.6. The molecule has 0 atom stereocenters. The van der Waals surface area contributed by atoms with Crippen molar-refractivity contribution in [2.24, 2.45) is 0 Å². The number of non-ortho nitro benzene ring substituents is 1. The van der Waals surface area contributed by atoms with Crippen molar-refractivity contribution in [2.75, 3.05) is 37.8 Å². The van der Waals surface area contributed by atoms with E-state index in [0.717, 1.165) is 11.1 Å². The number of nitro groups is 1. The molecule has 1 amide bonds. The van der Waals surface area contributed by atoms with Crippen LogP contribution >= 0.6 is 0 Å². The molecule has 1 heterocycles. The van der Waals surface area contributed by atoms with Crippen LogP contribution in [0.3, 0.4) is 0 Å². The van der Waals surface area contributed by atoms with Gasteiger partial charge in [0.15, 0.2) is 6.61 Å². The summed E-state index contributed by atoms with van der Waals surface area (Å²) in [5.41, 5.74) is 2.36. The van der Waals surface area contributed by atoms with Gasteiger partial charge in [-0.1, -0.05) is 24.3 Å². The highest BCUT2D eigenvalue weighted by molar-refractivity contribution is 5.97. The predicted molar refractivity (Wildman–Crippen MR) is 109 cm³/mol. The Balaban J connectivity index is 1.66. The molecule has 1 fully saturated rings. The molecule has 9 nitrogen and oxygen atoms in total. The van der Waals surface area contributed by atoms with Crippen LogP contribution in [0.1, 0.15) is 21.5 Å². The number of hydrogen-bond donors (Lipinski definition) is 1. The predicted octanol–water partition coefficient (Wildman–Crippen LogP) is 2.21. The second-order valence-corrected chi connectivity index (χ2v) is 6.84. The van der Waals surface area contributed by atoms with E-state index in [1.165, 1.54) is 18.2 Å². The summed E-state index contributed by atoms with van der Waals surface area (Å²) >= 11 is 0. The summed E-state index contributed by atoms with van der Waals surface area (Å²) < 4.78 is 10.5. The molecular formula is C21H23N3O6. The lowest BCUT2D eigenvalue weighted by molar-refractivity contribution is -0.384. The quantitative estimate of drug-likeness (QED) is 0.421. The van der Waals surface area contributed by atoms with Crippen molar-refractivity contribution in [3.63, 3.8) is 0 Å². The topological polar surface area (TPSA) is 111 Å². The van der Waals surface area contributed by atoms with Gasteiger partial charge in [0.1, 0.15) is 0 Å². The smallest absolute Gasteiger partial charge is 0.341 e. The van der Waals surface area contributed by atoms with E-state index < -0.39 is 23.4 Å². The van der Waals surface area contributed by atoms with E-state index in [9.17, 15) is 19.7 Å². The molecule has 0 radical (unpaired) electrons. The molecule has 1 N–H and O–H groups in total. The van der Waals surface area contributed by atoms with Crippen LogP contribution in [-0.4, -0.2) is 49.7 Å². The average molecular weight is 413 g/mol. The number of amides is 1. The van der Waals surface area contributed by atoms with Crippen LogP contribution in [0.15, 0.2) is 42.5 Å². The number of carbonyl (C=O) groups is 2. The van der Waals surface area contributed by atoms with Crippen molar-refractivity contribution in [3.8, 4) is 0 Å². The normalized spacial score (nSPS) is 13.6. The van der Waals surface area contributed by atoms with Gasteiger partial charge >= 0.3 is 5.97 Å². The molecule has 3 rings (SSSR count). The zero-order chi connectivity index (χ0) is 21.5. The lowest BCUT2D eigenvalue weighted by Crippen LogP contribution is -2.37. The number of ether oxygens (including phenoxy) is 2. The van der Waals surface area contributed by atoms with Gasteiger partial charge in [-0.25, -0.2) is 4.79 Å². The fourth-order valence-electron chi connectivity index (χ4n) is 3.14. The number of carbonyl (C=O) groups excluding carboxylic acids is 2. The number of nitrogens with zero attached hydrogens (tertiary/aromatic N) is 2. The molecular weight excluding hydrogens is 390 g/mol. The van der Waals surface area contributed by atoms with E-state index in [2.05, 4.69) is 5.32 Å². The van der Waals surface area contributed by atoms with Crippen LogP contribution in [0.5, 0.6) is 0 Å². The number of aryl methyl sites for hydroxylation is 1. The summed E-state index contributed by atoms with van der Waals surface area (Å²) in [7, 11) is 0. The van der Waals surface area contributed by atoms with Gasteiger partial charge in [0, 0.05) is 31.8 Å². The summed E-state index contributed by atoms with van der Waals surface area (Å²) in [6, 6.07) is 11.7. The third-order valence-corrected chi connectivity index (χ3v) is 4.83. The summed E-state index contributed by atoms with van der Waals surface area (Å²) in [5, 5.41) is 13.8. The van der Waals surface area contributed by atoms with Crippen LogP contribution in [-0.2, 0) is 20.8 Å². The second kappa shape index (κ2) is 9.84. The maximum atomic E-state index is 12.6. The Labute approximate surface area is 173 Å². The molecule has 2 aromatic carbocycles. The van der Waals surface area contributed by atoms with Crippen LogP contribution in [0.2, 0.25) is 0 Å². The second-order valence-electron chi connectivity index (χ2n) is 6.84. The highest BCUT2D eigenvalue weighted by atomic mass is 16.6. The fourth-order valence-corrected chi connectivity index (χ4v) is 3.14. The summed E-state index contributed by atoms with van der Waals surface area (Å²) in [4.78, 5) is 37.2. The van der Waals surface area contributed by atoms with Crippen molar-refractivity contribution >= 4 is 23.3 Å². The van der Waals surface area contributed by atoms with Gasteiger partial charge in [-0.2, -0.15) is 0 Å². The molecule has 30 heavy (non-hydrogen) atoms. The third kappa shape index (κ3) is 5.32. The van der Waals surface area contributed by atoms with Crippen LogP contribution in [0.25, 0.3) is 0 Å². The molecule has 0 bridgehead atoms. The van der Waals surface area contributed by atoms with Crippen LogP contribution < -0.4 is 10.2 Å². The number of rotatable bonds is 7. The summed E-state index contributed by atoms with van der Waals surface area (Å²) in [6.07, 6.45) is 0. The Hall–Kier alpha value is -3.46. The van der Waals surface area contributed by atoms with Crippen molar-refractivity contribution in [1.29, 1.82) is 0 Å². The van der Waals surface area contributed by atoms with E-state index in [-0.39, 0.29) is 11.3 Å². The standard InChI is InChI=1S/C21H23N3O6/c1-15-4-2-3-5-16(15)13-22-20(25)14-30-21(26)18-12-17(24(27)28)6-7-19(18)23-8-10-29-11-9-23/h2-7,12H,8-11,13-14H2,1H3,(H,22,25). The van der Waals surface area contributed by atoms with E-state index >= 15 is 0 Å². The molecule has 1 aliphatic heterocycles. The molecule has 2 aromatic rings. The minimum atomic E-state index is -0.786. The van der Waals surface area contributed by atoms with Gasteiger partial charge in [-0.3, -0.25) is 14.9 Å². The van der Waals surface area contributed by atoms with Crippen LogP contribution in [0, 0.1) is 17.0 Å². The first-order chi connectivity index (χ1) is 14.5. The number of nitro benzene ring substituents is 1. The third-order valence-electron chi connectivity index (χ3n) is 4.83. The number of nitrogens with one attached hydrogen (secondary N) is 1. The fraction of sp³-hybridized carbons (Fsp3) is 0.333. The van der Waals surface area contributed by atoms with Gasteiger partial charge in [0.05, 0.1) is 29.4 Å². The first kappa shape index (κ1) is 21.3. The minimum absolute atomic E-state index is 0.0535. The molecule has 1 aliphatic rings. The lowest BCUT2D eigenvalue weighted by Gasteiger charge is -2.30. The summed E-state index contributed by atoms with van der Waals surface area (Å²) in [5.74, 6) is -1.24. The Kier molecular flexibility index (Phi) is 6.97. The monoisotopic (exact) mass is 413 g/mol. The maximum Gasteiger partial charge on any atom is 0.341 e. The molecule has 9 heteroatoms. The molecule has 0 spiro atoms. The molecule has 0 aliphatic carbocycles. The van der Waals surface area contributed by atoms with Gasteiger partial charge in [-0.15, -0.1) is 0 Å². The SMILES string of the molecule is Cc1ccccc1CNC(=O)COC(=O)c1cc([N+](=O)[O-])ccc1N1CCOCC1. The number of morpholine rings is 1. The highest BCUT2D eigenvalue weighted by Crippen LogP contribution is 2.27. The van der Waals surface area contributed by atoms with E-state index in [1.807, 2.05) is 36.1 Å². The van der Waals surface area contributed by atoms with Crippen LogP contribution in [0.4, 0.5) is 11.4 Å². The zero-order valence-electron chi connectivity index (χ0n) is 16.6. The van der Waals surface area contributed by atoms with Gasteiger partial charge in [-0.05, 0) is 24.1 Å². The Morgan fingerprint density at radius 1 is 1.20 bits per heavy atom. The number of benzene rings is 2. The number of anilines is 1. The number of esters is 1. The summed E-state index contributed by atoms with van der Waals surface area (Å²) in [6.45, 7) is 3.87. The van der Waals surface area contributed by atoms with Gasteiger partial charge in [0.25, 0.3) is 11.6 Å². The molecule has 0 saturated carbocycles. The van der Waals surface area contributed by atoms with Gasteiger partial charge < -0.3 is 19.7 Å². The Bertz CT molecular complexity index is 940. The van der Waals surface area contributed by atoms with E-state index in [1.54, 1.807) is 0 Å². The Morgan fingerprint density at radius 3 is 2.63 bits per heavy atom.